The van der Waals surface area contributed by atoms with Gasteiger partial charge in [-0.05, 0) is 38.5 Å². The van der Waals surface area contributed by atoms with E-state index in [-0.39, 0.29) is 11.7 Å². The fourth-order valence-electron chi connectivity index (χ4n) is 2.48. The van der Waals surface area contributed by atoms with Crippen molar-refractivity contribution in [3.63, 3.8) is 0 Å². The van der Waals surface area contributed by atoms with Crippen molar-refractivity contribution in [1.29, 1.82) is 0 Å². The van der Waals surface area contributed by atoms with Crippen LogP contribution >= 0.6 is 0 Å². The van der Waals surface area contributed by atoms with Gasteiger partial charge in [-0.3, -0.25) is 4.98 Å². The van der Waals surface area contributed by atoms with Crippen molar-refractivity contribution in [2.24, 2.45) is 0 Å². The number of aromatic nitrogens is 3. The third kappa shape index (κ3) is 3.65. The molecule has 0 amide bonds. The molecule has 0 fully saturated rings. The summed E-state index contributed by atoms with van der Waals surface area (Å²) in [5.41, 5.74) is 1.27. The molecule has 0 bridgehead atoms. The van der Waals surface area contributed by atoms with Gasteiger partial charge >= 0.3 is 5.97 Å². The molecule has 0 N–H and O–H groups in total. The lowest BCUT2D eigenvalue weighted by Crippen LogP contribution is -2.12. The lowest BCUT2D eigenvalue weighted by molar-refractivity contribution is 0.0264. The summed E-state index contributed by atoms with van der Waals surface area (Å²) in [4.78, 5) is 21.0. The van der Waals surface area contributed by atoms with Crippen molar-refractivity contribution in [3.05, 3.63) is 53.1 Å². The van der Waals surface area contributed by atoms with Crippen LogP contribution < -0.4 is 0 Å². The van der Waals surface area contributed by atoms with Crippen molar-refractivity contribution in [2.45, 2.75) is 39.7 Å². The van der Waals surface area contributed by atoms with Crippen LogP contribution in [-0.2, 0) is 11.2 Å². The Morgan fingerprint density at radius 1 is 1.32 bits per heavy atom. The fourth-order valence-corrected chi connectivity index (χ4v) is 2.48. The normalized spacial score (nSPS) is 12.3. The maximum absolute atomic E-state index is 13.3. The van der Waals surface area contributed by atoms with Crippen molar-refractivity contribution in [3.8, 4) is 0 Å². The summed E-state index contributed by atoms with van der Waals surface area (Å²) in [6.07, 6.45) is 0.929. The number of benzene rings is 1. The molecule has 3 aromatic rings. The molecule has 0 aliphatic rings. The number of aryl methyl sites for hydroxylation is 2. The SMILES string of the molecule is CCCc1noc(C(C)OC(=O)c2cc3ccc(F)cc3nc2C)n1. The number of carbonyl (C=O) groups excluding carboxylic acids is 1. The molecule has 2 aromatic heterocycles. The first-order valence-electron chi connectivity index (χ1n) is 8.08. The smallest absolute Gasteiger partial charge is 0.340 e. The number of esters is 1. The minimum Gasteiger partial charge on any atom is -0.449 e. The second-order valence-electron chi connectivity index (χ2n) is 5.80. The number of hydrogen-bond donors (Lipinski definition) is 0. The van der Waals surface area contributed by atoms with Crippen molar-refractivity contribution >= 4 is 16.9 Å². The van der Waals surface area contributed by atoms with Crippen LogP contribution in [0.4, 0.5) is 4.39 Å². The molecular formula is C18H18FN3O3. The number of hydrogen-bond acceptors (Lipinski definition) is 6. The van der Waals surface area contributed by atoms with E-state index in [0.717, 1.165) is 6.42 Å². The molecule has 0 radical (unpaired) electrons. The van der Waals surface area contributed by atoms with Gasteiger partial charge in [-0.2, -0.15) is 4.98 Å². The van der Waals surface area contributed by atoms with Gasteiger partial charge in [0.25, 0.3) is 5.89 Å². The molecule has 6 nitrogen and oxygen atoms in total. The maximum atomic E-state index is 13.3. The average molecular weight is 343 g/mol. The molecule has 7 heteroatoms. The molecule has 1 unspecified atom stereocenters. The van der Waals surface area contributed by atoms with Gasteiger partial charge in [0.2, 0.25) is 0 Å². The molecule has 0 aliphatic heterocycles. The van der Waals surface area contributed by atoms with Crippen LogP contribution in [0.5, 0.6) is 0 Å². The number of halogens is 1. The summed E-state index contributed by atoms with van der Waals surface area (Å²) in [5.74, 6) is -0.0714. The lowest BCUT2D eigenvalue weighted by Gasteiger charge is -2.11. The van der Waals surface area contributed by atoms with Crippen LogP contribution in [0.15, 0.2) is 28.8 Å². The van der Waals surface area contributed by atoms with Gasteiger partial charge in [0.1, 0.15) is 5.82 Å². The highest BCUT2D eigenvalue weighted by molar-refractivity contribution is 5.95. The number of ether oxygens (including phenoxy) is 1. The molecule has 130 valence electrons. The molecule has 1 atom stereocenters. The van der Waals surface area contributed by atoms with Gasteiger partial charge in [-0.1, -0.05) is 12.1 Å². The summed E-state index contributed by atoms with van der Waals surface area (Å²) >= 11 is 0. The zero-order chi connectivity index (χ0) is 18.0. The summed E-state index contributed by atoms with van der Waals surface area (Å²) in [5, 5.41) is 4.51. The number of rotatable bonds is 5. The molecule has 2 heterocycles. The number of carbonyl (C=O) groups is 1. The molecular weight excluding hydrogens is 325 g/mol. The Labute approximate surface area is 144 Å². The maximum Gasteiger partial charge on any atom is 0.340 e. The third-order valence-electron chi connectivity index (χ3n) is 3.78. The monoisotopic (exact) mass is 343 g/mol. The van der Waals surface area contributed by atoms with Crippen LogP contribution in [0, 0.1) is 12.7 Å². The van der Waals surface area contributed by atoms with Crippen LogP contribution in [0.2, 0.25) is 0 Å². The molecule has 0 saturated heterocycles. The quantitative estimate of drug-likeness (QED) is 0.653. The highest BCUT2D eigenvalue weighted by atomic mass is 19.1. The Morgan fingerprint density at radius 2 is 2.12 bits per heavy atom. The van der Waals surface area contributed by atoms with E-state index >= 15 is 0 Å². The van der Waals surface area contributed by atoms with Gasteiger partial charge in [-0.25, -0.2) is 9.18 Å². The zero-order valence-electron chi connectivity index (χ0n) is 14.2. The van der Waals surface area contributed by atoms with E-state index in [0.29, 0.717) is 34.4 Å². The Bertz CT molecular complexity index is 923. The summed E-state index contributed by atoms with van der Waals surface area (Å²) in [7, 11) is 0. The minimum absolute atomic E-state index is 0.255. The lowest BCUT2D eigenvalue weighted by atomic mass is 10.1. The first-order chi connectivity index (χ1) is 12.0. The third-order valence-corrected chi connectivity index (χ3v) is 3.78. The highest BCUT2D eigenvalue weighted by Crippen LogP contribution is 2.22. The van der Waals surface area contributed by atoms with E-state index < -0.39 is 12.1 Å². The van der Waals surface area contributed by atoms with E-state index in [9.17, 15) is 9.18 Å². The Balaban J connectivity index is 1.81. The predicted octanol–water partition coefficient (Wildman–Crippen LogP) is 3.94. The van der Waals surface area contributed by atoms with Crippen LogP contribution in [-0.4, -0.2) is 21.1 Å². The van der Waals surface area contributed by atoms with Gasteiger partial charge in [0, 0.05) is 17.9 Å². The van der Waals surface area contributed by atoms with E-state index in [4.69, 9.17) is 9.26 Å². The molecule has 0 spiro atoms. The number of nitrogens with zero attached hydrogens (tertiary/aromatic N) is 3. The summed E-state index contributed by atoms with van der Waals surface area (Å²) < 4.78 is 23.8. The van der Waals surface area contributed by atoms with Gasteiger partial charge in [0.05, 0.1) is 16.8 Å². The van der Waals surface area contributed by atoms with Crippen molar-refractivity contribution in [1.82, 2.24) is 15.1 Å². The van der Waals surface area contributed by atoms with Crippen molar-refractivity contribution < 1.29 is 18.4 Å². The first kappa shape index (κ1) is 17.0. The Morgan fingerprint density at radius 3 is 2.88 bits per heavy atom. The second-order valence-corrected chi connectivity index (χ2v) is 5.80. The number of pyridine rings is 1. The van der Waals surface area contributed by atoms with E-state index in [1.54, 1.807) is 26.0 Å². The zero-order valence-corrected chi connectivity index (χ0v) is 14.2. The standard InChI is InChI=1S/C18H18FN3O3/c1-4-5-16-21-17(25-22-16)11(3)24-18(23)14-8-12-6-7-13(19)9-15(12)20-10(14)2/h6-9,11H,4-5H2,1-3H3. The van der Waals surface area contributed by atoms with E-state index in [1.165, 1.54) is 12.1 Å². The molecule has 0 aliphatic carbocycles. The topological polar surface area (TPSA) is 78.1 Å². The van der Waals surface area contributed by atoms with Crippen molar-refractivity contribution in [2.75, 3.05) is 0 Å². The Hall–Kier alpha value is -2.83. The summed E-state index contributed by atoms with van der Waals surface area (Å²) in [6, 6.07) is 5.87. The molecule has 3 rings (SSSR count). The van der Waals surface area contributed by atoms with Crippen LogP contribution in [0.3, 0.4) is 0 Å². The van der Waals surface area contributed by atoms with Crippen LogP contribution in [0.1, 0.15) is 54.1 Å². The minimum atomic E-state index is -0.672. The van der Waals surface area contributed by atoms with E-state index in [2.05, 4.69) is 15.1 Å². The second kappa shape index (κ2) is 6.96. The largest absolute Gasteiger partial charge is 0.449 e. The van der Waals surface area contributed by atoms with Gasteiger partial charge < -0.3 is 9.26 Å². The molecule has 1 aromatic carbocycles. The van der Waals surface area contributed by atoms with E-state index in [1.807, 2.05) is 6.92 Å². The van der Waals surface area contributed by atoms with Gasteiger partial charge in [0.15, 0.2) is 11.9 Å². The number of fused-ring (bicyclic) bond motifs is 1. The Kier molecular flexibility index (Phi) is 4.74. The molecule has 25 heavy (non-hydrogen) atoms. The molecule has 0 saturated carbocycles. The van der Waals surface area contributed by atoms with Gasteiger partial charge in [-0.15, -0.1) is 0 Å². The van der Waals surface area contributed by atoms with Crippen LogP contribution in [0.25, 0.3) is 10.9 Å². The predicted molar refractivity (Wildman–Crippen MR) is 88.6 cm³/mol. The first-order valence-corrected chi connectivity index (χ1v) is 8.08. The summed E-state index contributed by atoms with van der Waals surface area (Å²) in [6.45, 7) is 5.36. The highest BCUT2D eigenvalue weighted by Gasteiger charge is 2.21. The average Bonchev–Trinajstić information content (AvgIpc) is 3.03. The fraction of sp³-hybridized carbons (Fsp3) is 0.333.